The van der Waals surface area contributed by atoms with Crippen LogP contribution < -0.4 is 0 Å². The predicted octanol–water partition coefficient (Wildman–Crippen LogP) is 3.85. The second kappa shape index (κ2) is 4.02. The first-order valence-corrected chi connectivity index (χ1v) is 6.48. The molecule has 1 nitrogen and oxygen atoms in total. The fourth-order valence-electron chi connectivity index (χ4n) is 2.41. The number of ketones is 1. The molecule has 0 amide bonds. The maximum absolute atomic E-state index is 13.2. The van der Waals surface area contributed by atoms with Crippen molar-refractivity contribution in [3.05, 3.63) is 71.0 Å². The van der Waals surface area contributed by atoms with Crippen molar-refractivity contribution in [1.82, 2.24) is 0 Å². The van der Waals surface area contributed by atoms with Crippen LogP contribution in [0.15, 0.2) is 48.5 Å². The average Bonchev–Trinajstić information content (AvgIpc) is 2.65. The molecule has 0 spiro atoms. The Labute approximate surface area is 113 Å². The highest BCUT2D eigenvalue weighted by molar-refractivity contribution is 9.10. The van der Waals surface area contributed by atoms with Crippen molar-refractivity contribution in [3.8, 4) is 0 Å². The highest BCUT2D eigenvalue weighted by Crippen LogP contribution is 2.44. The molecule has 1 aliphatic rings. The Morgan fingerprint density at radius 2 is 1.83 bits per heavy atom. The van der Waals surface area contributed by atoms with E-state index in [4.69, 9.17) is 0 Å². The quantitative estimate of drug-likeness (QED) is 0.731. The lowest BCUT2D eigenvalue weighted by Gasteiger charge is -2.20. The van der Waals surface area contributed by atoms with Crippen LogP contribution in [0, 0.1) is 5.82 Å². The van der Waals surface area contributed by atoms with Crippen molar-refractivity contribution in [2.24, 2.45) is 0 Å². The lowest BCUT2D eigenvalue weighted by atomic mass is 9.95. The topological polar surface area (TPSA) is 17.1 Å². The van der Waals surface area contributed by atoms with Gasteiger partial charge in [0.2, 0.25) is 0 Å². The maximum atomic E-state index is 13.2. The van der Waals surface area contributed by atoms with Crippen molar-refractivity contribution >= 4 is 21.7 Å². The summed E-state index contributed by atoms with van der Waals surface area (Å²) < 4.78 is 12.5. The van der Waals surface area contributed by atoms with E-state index < -0.39 is 4.32 Å². The molecule has 0 saturated carbocycles. The van der Waals surface area contributed by atoms with Crippen LogP contribution in [0.1, 0.15) is 21.5 Å². The van der Waals surface area contributed by atoms with Crippen molar-refractivity contribution in [2.75, 3.05) is 0 Å². The molecule has 3 rings (SSSR count). The number of halogens is 2. The fourth-order valence-corrected chi connectivity index (χ4v) is 3.19. The van der Waals surface area contributed by atoms with Gasteiger partial charge >= 0.3 is 0 Å². The molecular weight excluding hydrogens is 295 g/mol. The minimum atomic E-state index is -0.746. The predicted molar refractivity (Wildman–Crippen MR) is 71.5 cm³/mol. The van der Waals surface area contributed by atoms with Crippen LogP contribution in [-0.4, -0.2) is 5.78 Å². The molecule has 1 unspecified atom stereocenters. The van der Waals surface area contributed by atoms with Gasteiger partial charge in [-0.2, -0.15) is 0 Å². The molecule has 2 aromatic carbocycles. The van der Waals surface area contributed by atoms with Gasteiger partial charge in [-0.15, -0.1) is 0 Å². The normalized spacial score (nSPS) is 22.0. The Morgan fingerprint density at radius 1 is 1.11 bits per heavy atom. The van der Waals surface area contributed by atoms with Crippen LogP contribution in [0.5, 0.6) is 0 Å². The zero-order valence-electron chi connectivity index (χ0n) is 9.49. The van der Waals surface area contributed by atoms with E-state index in [2.05, 4.69) is 15.9 Å². The third kappa shape index (κ3) is 1.62. The second-order valence-corrected chi connectivity index (χ2v) is 5.83. The van der Waals surface area contributed by atoms with Gasteiger partial charge in [0, 0.05) is 5.56 Å². The molecule has 0 fully saturated rings. The van der Waals surface area contributed by atoms with Crippen molar-refractivity contribution in [1.29, 1.82) is 0 Å². The number of hydrogen-bond acceptors (Lipinski definition) is 1. The van der Waals surface area contributed by atoms with E-state index in [0.717, 1.165) is 11.1 Å². The molecule has 90 valence electrons. The van der Waals surface area contributed by atoms with E-state index in [9.17, 15) is 9.18 Å². The minimum Gasteiger partial charge on any atom is -0.292 e. The zero-order chi connectivity index (χ0) is 12.8. The van der Waals surface area contributed by atoms with Crippen LogP contribution in [0.2, 0.25) is 0 Å². The number of fused-ring (bicyclic) bond motifs is 1. The molecule has 18 heavy (non-hydrogen) atoms. The van der Waals surface area contributed by atoms with Gasteiger partial charge < -0.3 is 0 Å². The van der Waals surface area contributed by atoms with Gasteiger partial charge in [-0.05, 0) is 29.7 Å². The first-order chi connectivity index (χ1) is 8.61. The number of Topliss-reactive ketones (excluding diaryl/α,β-unsaturated/α-hetero) is 1. The summed E-state index contributed by atoms with van der Waals surface area (Å²) in [6.07, 6.45) is 0.561. The molecular formula is C15H10BrFO. The van der Waals surface area contributed by atoms with Crippen molar-refractivity contribution < 1.29 is 9.18 Å². The summed E-state index contributed by atoms with van der Waals surface area (Å²) in [5.74, 6) is -0.435. The number of rotatable bonds is 1. The van der Waals surface area contributed by atoms with Crippen molar-refractivity contribution in [2.45, 2.75) is 10.7 Å². The zero-order valence-corrected chi connectivity index (χ0v) is 11.1. The minimum absolute atomic E-state index is 0.0665. The highest BCUT2D eigenvalue weighted by Gasteiger charge is 2.44. The molecule has 1 aliphatic carbocycles. The molecule has 0 aromatic heterocycles. The molecule has 1 atom stereocenters. The Morgan fingerprint density at radius 3 is 2.56 bits per heavy atom. The summed E-state index contributed by atoms with van der Waals surface area (Å²) in [5, 5.41) is 0. The Balaban J connectivity index is 2.12. The van der Waals surface area contributed by atoms with Crippen molar-refractivity contribution in [3.63, 3.8) is 0 Å². The number of hydrogen-bond donors (Lipinski definition) is 0. The lowest BCUT2D eigenvalue weighted by molar-refractivity contribution is 0.0959. The monoisotopic (exact) mass is 304 g/mol. The molecule has 3 heteroatoms. The van der Waals surface area contributed by atoms with Crippen LogP contribution >= 0.6 is 15.9 Å². The molecule has 0 radical (unpaired) electrons. The third-order valence-electron chi connectivity index (χ3n) is 3.34. The molecule has 0 aliphatic heterocycles. The van der Waals surface area contributed by atoms with Gasteiger partial charge in [-0.1, -0.05) is 52.3 Å². The Hall–Kier alpha value is -1.48. The van der Waals surface area contributed by atoms with E-state index in [0.29, 0.717) is 12.0 Å². The van der Waals surface area contributed by atoms with Gasteiger partial charge in [-0.25, -0.2) is 4.39 Å². The molecule has 0 saturated heterocycles. The summed E-state index contributed by atoms with van der Waals surface area (Å²) in [6, 6.07) is 13.9. The van der Waals surface area contributed by atoms with Crippen LogP contribution in [0.4, 0.5) is 4.39 Å². The largest absolute Gasteiger partial charge is 0.292 e. The van der Waals surface area contributed by atoms with Gasteiger partial charge in [0.1, 0.15) is 10.1 Å². The second-order valence-electron chi connectivity index (χ2n) is 4.47. The van der Waals surface area contributed by atoms with E-state index in [1.165, 1.54) is 12.1 Å². The van der Waals surface area contributed by atoms with Gasteiger partial charge in [-0.3, -0.25) is 4.79 Å². The number of carbonyl (C=O) groups is 1. The Kier molecular flexibility index (Phi) is 2.59. The van der Waals surface area contributed by atoms with E-state index in [1.54, 1.807) is 6.07 Å². The standard InChI is InChI=1S/C15H10BrFO/c16-15(11-4-2-1-3-5-11)9-10-6-7-12(17)8-13(10)14(15)18/h1-8H,9H2. The first-order valence-electron chi connectivity index (χ1n) is 5.69. The molecule has 0 heterocycles. The fraction of sp³-hybridized carbons (Fsp3) is 0.133. The SMILES string of the molecule is O=C1c2cc(F)ccc2CC1(Br)c1ccccc1. The lowest BCUT2D eigenvalue weighted by Crippen LogP contribution is -2.25. The van der Waals surface area contributed by atoms with E-state index >= 15 is 0 Å². The summed E-state index contributed by atoms with van der Waals surface area (Å²) >= 11 is 3.55. The highest BCUT2D eigenvalue weighted by atomic mass is 79.9. The van der Waals surface area contributed by atoms with Crippen LogP contribution in [-0.2, 0) is 10.7 Å². The smallest absolute Gasteiger partial charge is 0.184 e. The average molecular weight is 305 g/mol. The molecule has 0 N–H and O–H groups in total. The summed E-state index contributed by atoms with van der Waals surface area (Å²) in [7, 11) is 0. The number of alkyl halides is 1. The molecule has 2 aromatic rings. The van der Waals surface area contributed by atoms with Gasteiger partial charge in [0.25, 0.3) is 0 Å². The van der Waals surface area contributed by atoms with Crippen LogP contribution in [0.3, 0.4) is 0 Å². The Bertz CT molecular complexity index is 624. The maximum Gasteiger partial charge on any atom is 0.184 e. The third-order valence-corrected chi connectivity index (χ3v) is 4.44. The first kappa shape index (κ1) is 11.6. The molecule has 0 bridgehead atoms. The van der Waals surface area contributed by atoms with Crippen LogP contribution in [0.25, 0.3) is 0 Å². The van der Waals surface area contributed by atoms with Gasteiger partial charge in [0.05, 0.1) is 0 Å². The number of carbonyl (C=O) groups excluding carboxylic acids is 1. The summed E-state index contributed by atoms with van der Waals surface area (Å²) in [6.45, 7) is 0. The number of benzene rings is 2. The van der Waals surface area contributed by atoms with E-state index in [-0.39, 0.29) is 11.6 Å². The summed E-state index contributed by atoms with van der Waals surface area (Å²) in [5.41, 5.74) is 2.28. The van der Waals surface area contributed by atoms with E-state index in [1.807, 2.05) is 30.3 Å². The summed E-state index contributed by atoms with van der Waals surface area (Å²) in [4.78, 5) is 12.5. The van der Waals surface area contributed by atoms with Gasteiger partial charge in [0.15, 0.2) is 5.78 Å².